The number of unbranched alkanes of at least 4 members (excludes halogenated alkanes) is 1. The Kier molecular flexibility index (Phi) is 7.21. The fraction of sp³-hybridized carbons (Fsp3) is 0.333. The molecule has 0 aliphatic carbocycles. The Labute approximate surface area is 154 Å². The summed E-state index contributed by atoms with van der Waals surface area (Å²) in [5, 5.41) is 5.66. The van der Waals surface area contributed by atoms with Crippen LogP contribution in [0.25, 0.3) is 0 Å². The number of carbonyl (C=O) groups excluding carboxylic acids is 2. The molecule has 0 aromatic heterocycles. The van der Waals surface area contributed by atoms with Gasteiger partial charge in [-0.1, -0.05) is 37.1 Å². The van der Waals surface area contributed by atoms with Crippen LogP contribution in [0.2, 0.25) is 0 Å². The van der Waals surface area contributed by atoms with Gasteiger partial charge in [0.05, 0.1) is 0 Å². The lowest BCUT2D eigenvalue weighted by molar-refractivity contribution is -0.122. The predicted molar refractivity (Wildman–Crippen MR) is 104 cm³/mol. The van der Waals surface area contributed by atoms with Crippen LogP contribution in [0.15, 0.2) is 48.5 Å². The second-order valence-electron chi connectivity index (χ2n) is 6.25. The van der Waals surface area contributed by atoms with Gasteiger partial charge in [0.15, 0.2) is 6.10 Å². The zero-order valence-electron chi connectivity index (χ0n) is 15.5. The van der Waals surface area contributed by atoms with E-state index in [1.54, 1.807) is 31.2 Å². The van der Waals surface area contributed by atoms with Gasteiger partial charge in [-0.3, -0.25) is 9.59 Å². The standard InChI is InChI=1S/C21H26N2O3/c1-4-5-13-22-21(25)17-7-6-8-18(14-17)23-20(24)16(3)26-19-11-9-15(2)10-12-19/h6-12,14,16H,4-5,13H2,1-3H3,(H,22,25)(H,23,24). The SMILES string of the molecule is CCCCNC(=O)c1cccc(NC(=O)C(C)Oc2ccc(C)cc2)c1. The number of amides is 2. The highest BCUT2D eigenvalue weighted by molar-refractivity contribution is 5.98. The van der Waals surface area contributed by atoms with E-state index in [4.69, 9.17) is 4.74 Å². The van der Waals surface area contributed by atoms with Crippen LogP contribution in [-0.2, 0) is 4.79 Å². The van der Waals surface area contributed by atoms with Crippen LogP contribution in [0, 0.1) is 6.92 Å². The minimum atomic E-state index is -0.653. The van der Waals surface area contributed by atoms with E-state index in [2.05, 4.69) is 17.6 Å². The van der Waals surface area contributed by atoms with Crippen LogP contribution in [0.4, 0.5) is 5.69 Å². The number of carbonyl (C=O) groups is 2. The Bertz CT molecular complexity index is 741. The van der Waals surface area contributed by atoms with Crippen molar-refractivity contribution >= 4 is 17.5 Å². The Hall–Kier alpha value is -2.82. The van der Waals surface area contributed by atoms with Gasteiger partial charge < -0.3 is 15.4 Å². The molecule has 0 saturated carbocycles. The highest BCUT2D eigenvalue weighted by Gasteiger charge is 2.15. The van der Waals surface area contributed by atoms with Crippen molar-refractivity contribution in [2.75, 3.05) is 11.9 Å². The smallest absolute Gasteiger partial charge is 0.265 e. The molecule has 2 rings (SSSR count). The molecule has 0 spiro atoms. The fourth-order valence-corrected chi connectivity index (χ4v) is 2.34. The van der Waals surface area contributed by atoms with Crippen molar-refractivity contribution in [2.45, 2.75) is 39.7 Å². The van der Waals surface area contributed by atoms with Crippen molar-refractivity contribution in [1.29, 1.82) is 0 Å². The second kappa shape index (κ2) is 9.61. The van der Waals surface area contributed by atoms with Crippen molar-refractivity contribution in [1.82, 2.24) is 5.32 Å². The summed E-state index contributed by atoms with van der Waals surface area (Å²) in [6.45, 7) is 6.40. The van der Waals surface area contributed by atoms with Gasteiger partial charge in [-0.15, -0.1) is 0 Å². The molecule has 5 heteroatoms. The molecule has 5 nitrogen and oxygen atoms in total. The van der Waals surface area contributed by atoms with Gasteiger partial charge in [-0.25, -0.2) is 0 Å². The van der Waals surface area contributed by atoms with Gasteiger partial charge in [-0.2, -0.15) is 0 Å². The first-order valence-electron chi connectivity index (χ1n) is 8.92. The minimum Gasteiger partial charge on any atom is -0.481 e. The molecule has 0 aliphatic heterocycles. The number of hydrogen-bond acceptors (Lipinski definition) is 3. The molecule has 1 unspecified atom stereocenters. The maximum Gasteiger partial charge on any atom is 0.265 e. The van der Waals surface area contributed by atoms with E-state index in [-0.39, 0.29) is 11.8 Å². The topological polar surface area (TPSA) is 67.4 Å². The van der Waals surface area contributed by atoms with E-state index in [0.29, 0.717) is 23.5 Å². The van der Waals surface area contributed by atoms with E-state index >= 15 is 0 Å². The summed E-state index contributed by atoms with van der Waals surface area (Å²) in [6.07, 6.45) is 1.31. The minimum absolute atomic E-state index is 0.140. The molecule has 0 saturated heterocycles. The summed E-state index contributed by atoms with van der Waals surface area (Å²) in [5.74, 6) is 0.231. The summed E-state index contributed by atoms with van der Waals surface area (Å²) < 4.78 is 5.66. The van der Waals surface area contributed by atoms with Crippen molar-refractivity contribution < 1.29 is 14.3 Å². The molecule has 2 aromatic rings. The van der Waals surface area contributed by atoms with Crippen LogP contribution >= 0.6 is 0 Å². The van der Waals surface area contributed by atoms with Crippen molar-refractivity contribution in [2.24, 2.45) is 0 Å². The maximum absolute atomic E-state index is 12.3. The van der Waals surface area contributed by atoms with Crippen LogP contribution in [-0.4, -0.2) is 24.5 Å². The van der Waals surface area contributed by atoms with E-state index in [1.165, 1.54) is 0 Å². The third kappa shape index (κ3) is 5.92. The van der Waals surface area contributed by atoms with Crippen LogP contribution in [0.1, 0.15) is 42.6 Å². The number of aryl methyl sites for hydroxylation is 1. The molecule has 2 N–H and O–H groups in total. The summed E-state index contributed by atoms with van der Waals surface area (Å²) >= 11 is 0. The molecule has 2 amide bonds. The van der Waals surface area contributed by atoms with E-state index in [9.17, 15) is 9.59 Å². The quantitative estimate of drug-likeness (QED) is 0.706. The number of anilines is 1. The van der Waals surface area contributed by atoms with Gasteiger partial charge in [0.2, 0.25) is 0 Å². The lowest BCUT2D eigenvalue weighted by atomic mass is 10.1. The first kappa shape index (κ1) is 19.5. The fourth-order valence-electron chi connectivity index (χ4n) is 2.34. The average Bonchev–Trinajstić information content (AvgIpc) is 2.64. The average molecular weight is 354 g/mol. The molecule has 0 heterocycles. The highest BCUT2D eigenvalue weighted by atomic mass is 16.5. The van der Waals surface area contributed by atoms with Gasteiger partial charge >= 0.3 is 0 Å². The van der Waals surface area contributed by atoms with Gasteiger partial charge in [0, 0.05) is 17.8 Å². The summed E-state index contributed by atoms with van der Waals surface area (Å²) in [4.78, 5) is 24.5. The zero-order valence-corrected chi connectivity index (χ0v) is 15.5. The first-order valence-corrected chi connectivity index (χ1v) is 8.92. The first-order chi connectivity index (χ1) is 12.5. The Balaban J connectivity index is 1.94. The second-order valence-corrected chi connectivity index (χ2v) is 6.25. The van der Waals surface area contributed by atoms with Crippen molar-refractivity contribution in [3.63, 3.8) is 0 Å². The Morgan fingerprint density at radius 1 is 1.12 bits per heavy atom. The third-order valence-corrected chi connectivity index (χ3v) is 3.91. The van der Waals surface area contributed by atoms with Gasteiger partial charge in [0.25, 0.3) is 11.8 Å². The molecule has 2 aromatic carbocycles. The largest absolute Gasteiger partial charge is 0.481 e. The Morgan fingerprint density at radius 3 is 2.54 bits per heavy atom. The van der Waals surface area contributed by atoms with E-state index < -0.39 is 6.10 Å². The molecule has 138 valence electrons. The molecule has 0 aliphatic rings. The molecule has 0 radical (unpaired) electrons. The normalized spacial score (nSPS) is 11.5. The summed E-state index contributed by atoms with van der Waals surface area (Å²) in [5.41, 5.74) is 2.21. The number of hydrogen-bond donors (Lipinski definition) is 2. The number of benzene rings is 2. The predicted octanol–water partition coefficient (Wildman–Crippen LogP) is 3.93. The van der Waals surface area contributed by atoms with E-state index in [1.807, 2.05) is 31.2 Å². The lowest BCUT2D eigenvalue weighted by Crippen LogP contribution is -2.30. The summed E-state index contributed by atoms with van der Waals surface area (Å²) in [6, 6.07) is 14.4. The van der Waals surface area contributed by atoms with Crippen molar-refractivity contribution in [3.05, 3.63) is 59.7 Å². The van der Waals surface area contributed by atoms with Crippen molar-refractivity contribution in [3.8, 4) is 5.75 Å². The van der Waals surface area contributed by atoms with Gasteiger partial charge in [0.1, 0.15) is 5.75 Å². The van der Waals surface area contributed by atoms with Crippen LogP contribution in [0.3, 0.4) is 0 Å². The third-order valence-electron chi connectivity index (χ3n) is 3.91. The highest BCUT2D eigenvalue weighted by Crippen LogP contribution is 2.15. The molecule has 1 atom stereocenters. The molecule has 0 fully saturated rings. The number of ether oxygens (including phenoxy) is 1. The molecular formula is C21H26N2O3. The Morgan fingerprint density at radius 2 is 1.85 bits per heavy atom. The maximum atomic E-state index is 12.3. The molecule has 26 heavy (non-hydrogen) atoms. The van der Waals surface area contributed by atoms with Crippen LogP contribution in [0.5, 0.6) is 5.75 Å². The summed E-state index contributed by atoms with van der Waals surface area (Å²) in [7, 11) is 0. The number of rotatable bonds is 8. The molecule has 0 bridgehead atoms. The molecular weight excluding hydrogens is 328 g/mol. The van der Waals surface area contributed by atoms with Gasteiger partial charge in [-0.05, 0) is 50.6 Å². The van der Waals surface area contributed by atoms with Crippen LogP contribution < -0.4 is 15.4 Å². The lowest BCUT2D eigenvalue weighted by Gasteiger charge is -2.15. The monoisotopic (exact) mass is 354 g/mol. The van der Waals surface area contributed by atoms with E-state index in [0.717, 1.165) is 18.4 Å². The number of nitrogens with one attached hydrogen (secondary N) is 2. The zero-order chi connectivity index (χ0) is 18.9.